The molecule has 0 fully saturated rings. The smallest absolute Gasteiger partial charge is 0.266 e. The monoisotopic (exact) mass is 382 g/mol. The van der Waals surface area contributed by atoms with Crippen molar-refractivity contribution in [2.75, 3.05) is 0 Å². The maximum absolute atomic E-state index is 12.8. The van der Waals surface area contributed by atoms with Crippen LogP contribution in [0.5, 0.6) is 0 Å². The summed E-state index contributed by atoms with van der Waals surface area (Å²) in [6.07, 6.45) is -3.07. The van der Waals surface area contributed by atoms with E-state index in [0.717, 1.165) is 28.6 Å². The van der Waals surface area contributed by atoms with Crippen molar-refractivity contribution in [2.24, 2.45) is 0 Å². The van der Waals surface area contributed by atoms with Crippen molar-refractivity contribution < 1.29 is 13.2 Å². The second-order valence-corrected chi connectivity index (χ2v) is 6.50. The van der Waals surface area contributed by atoms with Gasteiger partial charge in [0.15, 0.2) is 0 Å². The third-order valence-corrected chi connectivity index (χ3v) is 4.77. The lowest BCUT2D eigenvalue weighted by Crippen LogP contribution is -2.21. The summed E-state index contributed by atoms with van der Waals surface area (Å²) < 4.78 is 39.5. The van der Waals surface area contributed by atoms with Crippen molar-refractivity contribution in [3.05, 3.63) is 81.7 Å². The molecule has 0 spiro atoms. The highest BCUT2D eigenvalue weighted by Crippen LogP contribution is 2.35. The molecule has 25 heavy (non-hydrogen) atoms. The Morgan fingerprint density at radius 1 is 1.04 bits per heavy atom. The second-order valence-electron chi connectivity index (χ2n) is 5.00. The van der Waals surface area contributed by atoms with Gasteiger partial charge in [-0.3, -0.25) is 4.79 Å². The van der Waals surface area contributed by atoms with Gasteiger partial charge in [0.05, 0.1) is 22.3 Å². The Hall–Kier alpha value is -2.25. The van der Waals surface area contributed by atoms with Crippen LogP contribution in [0.15, 0.2) is 75.4 Å². The van der Waals surface area contributed by atoms with E-state index in [1.807, 2.05) is 0 Å². The Morgan fingerprint density at radius 2 is 1.76 bits per heavy atom. The van der Waals surface area contributed by atoms with Gasteiger partial charge in [-0.2, -0.15) is 23.0 Å². The number of hydrogen-bond donors (Lipinski definition) is 0. The number of benzene rings is 2. The van der Waals surface area contributed by atoms with E-state index < -0.39 is 17.3 Å². The number of para-hydroxylation sites is 1. The van der Waals surface area contributed by atoms with Crippen molar-refractivity contribution in [1.29, 1.82) is 0 Å². The first kappa shape index (κ1) is 17.6. The molecule has 128 valence electrons. The van der Waals surface area contributed by atoms with Gasteiger partial charge in [-0.05, 0) is 30.3 Å². The number of aromatic nitrogens is 2. The standard InChI is InChI=1S/C17H10ClF3N2OS/c18-15-14(25-13-8-4-5-11(9-13)17(19,20)21)10-22-23(16(15)24)12-6-2-1-3-7-12/h1-10H. The van der Waals surface area contributed by atoms with Gasteiger partial charge in [-0.1, -0.05) is 47.6 Å². The Balaban J connectivity index is 1.95. The minimum Gasteiger partial charge on any atom is -0.266 e. The molecular formula is C17H10ClF3N2OS. The lowest BCUT2D eigenvalue weighted by Gasteiger charge is -2.10. The van der Waals surface area contributed by atoms with E-state index in [1.165, 1.54) is 18.3 Å². The number of hydrogen-bond acceptors (Lipinski definition) is 3. The maximum atomic E-state index is 12.8. The molecule has 3 nitrogen and oxygen atoms in total. The van der Waals surface area contributed by atoms with Crippen molar-refractivity contribution in [3.63, 3.8) is 0 Å². The molecular weight excluding hydrogens is 373 g/mol. The van der Waals surface area contributed by atoms with E-state index in [1.54, 1.807) is 30.3 Å². The minimum absolute atomic E-state index is 0.0961. The molecule has 0 bridgehead atoms. The van der Waals surface area contributed by atoms with E-state index >= 15 is 0 Å². The molecule has 0 N–H and O–H groups in total. The van der Waals surface area contributed by atoms with E-state index in [9.17, 15) is 18.0 Å². The van der Waals surface area contributed by atoms with Gasteiger partial charge in [-0.25, -0.2) is 0 Å². The summed E-state index contributed by atoms with van der Waals surface area (Å²) >= 11 is 7.07. The third-order valence-electron chi connectivity index (χ3n) is 3.28. The number of nitrogens with zero attached hydrogens (tertiary/aromatic N) is 2. The molecule has 2 aromatic carbocycles. The summed E-state index contributed by atoms with van der Waals surface area (Å²) in [6.45, 7) is 0. The van der Waals surface area contributed by atoms with Gasteiger partial charge in [-0.15, -0.1) is 0 Å². The van der Waals surface area contributed by atoms with Crippen LogP contribution in [0.3, 0.4) is 0 Å². The van der Waals surface area contributed by atoms with Gasteiger partial charge in [0, 0.05) is 4.90 Å². The zero-order chi connectivity index (χ0) is 18.0. The Morgan fingerprint density at radius 3 is 2.44 bits per heavy atom. The van der Waals surface area contributed by atoms with E-state index in [-0.39, 0.29) is 9.92 Å². The van der Waals surface area contributed by atoms with Crippen LogP contribution >= 0.6 is 23.4 Å². The van der Waals surface area contributed by atoms with Crippen LogP contribution in [0.1, 0.15) is 5.56 Å². The highest BCUT2D eigenvalue weighted by atomic mass is 35.5. The predicted octanol–water partition coefficient (Wildman–Crippen LogP) is 5.06. The molecule has 0 aliphatic carbocycles. The molecule has 1 aromatic heterocycles. The molecule has 0 aliphatic heterocycles. The summed E-state index contributed by atoms with van der Waals surface area (Å²) in [5, 5.41) is 3.96. The fraction of sp³-hybridized carbons (Fsp3) is 0.0588. The number of alkyl halides is 3. The first-order chi connectivity index (χ1) is 11.9. The highest BCUT2D eigenvalue weighted by molar-refractivity contribution is 7.99. The lowest BCUT2D eigenvalue weighted by atomic mass is 10.2. The van der Waals surface area contributed by atoms with Gasteiger partial charge >= 0.3 is 6.18 Å². The number of halogens is 4. The largest absolute Gasteiger partial charge is 0.416 e. The molecule has 1 heterocycles. The molecule has 8 heteroatoms. The Labute approximate surface area is 150 Å². The average Bonchev–Trinajstić information content (AvgIpc) is 2.59. The Kier molecular flexibility index (Phi) is 4.87. The van der Waals surface area contributed by atoms with Crippen LogP contribution in [0, 0.1) is 0 Å². The molecule has 3 rings (SSSR count). The lowest BCUT2D eigenvalue weighted by molar-refractivity contribution is -0.137. The molecule has 0 saturated heterocycles. The summed E-state index contributed by atoms with van der Waals surface area (Å²) in [5.41, 5.74) is -0.755. The topological polar surface area (TPSA) is 34.9 Å². The first-order valence-corrected chi connectivity index (χ1v) is 8.24. The summed E-state index contributed by atoms with van der Waals surface area (Å²) in [6, 6.07) is 13.5. The summed E-state index contributed by atoms with van der Waals surface area (Å²) in [7, 11) is 0. The van der Waals surface area contributed by atoms with Crippen molar-refractivity contribution >= 4 is 23.4 Å². The summed E-state index contributed by atoms with van der Waals surface area (Å²) in [5.74, 6) is 0. The predicted molar refractivity (Wildman–Crippen MR) is 90.4 cm³/mol. The van der Waals surface area contributed by atoms with E-state index in [0.29, 0.717) is 10.6 Å². The molecule has 0 atom stereocenters. The third kappa shape index (κ3) is 3.88. The van der Waals surface area contributed by atoms with Crippen LogP contribution in [-0.2, 0) is 6.18 Å². The molecule has 0 saturated carbocycles. The quantitative estimate of drug-likeness (QED) is 0.635. The van der Waals surface area contributed by atoms with Crippen LogP contribution < -0.4 is 5.56 Å². The second kappa shape index (κ2) is 6.93. The van der Waals surface area contributed by atoms with Crippen molar-refractivity contribution in [2.45, 2.75) is 16.0 Å². The van der Waals surface area contributed by atoms with Crippen LogP contribution in [0.25, 0.3) is 5.69 Å². The van der Waals surface area contributed by atoms with Gasteiger partial charge in [0.1, 0.15) is 5.02 Å². The maximum Gasteiger partial charge on any atom is 0.416 e. The zero-order valence-electron chi connectivity index (χ0n) is 12.5. The Bertz CT molecular complexity index is 958. The van der Waals surface area contributed by atoms with Crippen LogP contribution in [0.4, 0.5) is 13.2 Å². The highest BCUT2D eigenvalue weighted by Gasteiger charge is 2.30. The SMILES string of the molecule is O=c1c(Cl)c(Sc2cccc(C(F)(F)F)c2)cnn1-c1ccccc1. The minimum atomic E-state index is -4.44. The van der Waals surface area contributed by atoms with Gasteiger partial charge < -0.3 is 0 Å². The molecule has 0 radical (unpaired) electrons. The molecule has 0 unspecified atom stereocenters. The van der Waals surface area contributed by atoms with Crippen LogP contribution in [-0.4, -0.2) is 9.78 Å². The average molecular weight is 383 g/mol. The summed E-state index contributed by atoms with van der Waals surface area (Å²) in [4.78, 5) is 13.0. The molecule has 0 aliphatic rings. The number of rotatable bonds is 3. The van der Waals surface area contributed by atoms with E-state index in [4.69, 9.17) is 11.6 Å². The normalized spacial score (nSPS) is 11.5. The zero-order valence-corrected chi connectivity index (χ0v) is 14.1. The fourth-order valence-electron chi connectivity index (χ4n) is 2.10. The van der Waals surface area contributed by atoms with Crippen molar-refractivity contribution in [3.8, 4) is 5.69 Å². The molecule has 3 aromatic rings. The molecule has 0 amide bonds. The van der Waals surface area contributed by atoms with E-state index in [2.05, 4.69) is 5.10 Å². The van der Waals surface area contributed by atoms with Crippen molar-refractivity contribution in [1.82, 2.24) is 9.78 Å². The van der Waals surface area contributed by atoms with Crippen LogP contribution in [0.2, 0.25) is 5.02 Å². The first-order valence-electron chi connectivity index (χ1n) is 7.04. The van der Waals surface area contributed by atoms with Gasteiger partial charge in [0.25, 0.3) is 5.56 Å². The van der Waals surface area contributed by atoms with Gasteiger partial charge in [0.2, 0.25) is 0 Å². The fourth-order valence-corrected chi connectivity index (χ4v) is 3.21.